The Morgan fingerprint density at radius 2 is 2.00 bits per heavy atom. The summed E-state index contributed by atoms with van der Waals surface area (Å²) < 4.78 is 26.1. The van der Waals surface area contributed by atoms with E-state index in [1.165, 1.54) is 0 Å². The molecule has 1 N–H and O–H groups in total. The van der Waals surface area contributed by atoms with Crippen molar-refractivity contribution in [1.29, 1.82) is 0 Å². The Kier molecular flexibility index (Phi) is 1.79. The monoisotopic (exact) mass is 209 g/mol. The van der Waals surface area contributed by atoms with E-state index in [0.29, 0.717) is 0 Å². The summed E-state index contributed by atoms with van der Waals surface area (Å²) in [5.41, 5.74) is 2.11. The molecular formula is C12H13F2N. The number of halogens is 2. The van der Waals surface area contributed by atoms with Crippen LogP contribution < -0.4 is 5.32 Å². The highest BCUT2D eigenvalue weighted by molar-refractivity contribution is 5.55. The fourth-order valence-electron chi connectivity index (χ4n) is 2.59. The van der Waals surface area contributed by atoms with Crippen LogP contribution in [0.5, 0.6) is 0 Å². The number of anilines is 1. The largest absolute Gasteiger partial charge is 0.385 e. The van der Waals surface area contributed by atoms with Crippen molar-refractivity contribution in [3.8, 4) is 0 Å². The van der Waals surface area contributed by atoms with Crippen LogP contribution in [0.3, 0.4) is 0 Å². The fraction of sp³-hybridized carbons (Fsp3) is 0.500. The third kappa shape index (κ3) is 1.41. The predicted molar refractivity (Wildman–Crippen MR) is 55.3 cm³/mol. The molecule has 1 fully saturated rings. The summed E-state index contributed by atoms with van der Waals surface area (Å²) in [6.45, 7) is 0.814. The van der Waals surface area contributed by atoms with Gasteiger partial charge in [0, 0.05) is 24.6 Å². The molecule has 3 rings (SSSR count). The highest BCUT2D eigenvalue weighted by Crippen LogP contribution is 2.58. The summed E-state index contributed by atoms with van der Waals surface area (Å²) in [6.07, 6.45) is 0.906. The van der Waals surface area contributed by atoms with E-state index in [1.54, 1.807) is 0 Å². The SMILES string of the molecule is FC1(F)C[C@@H]1[C@@H]1CCNc2ccccc21. The average Bonchev–Trinajstić information content (AvgIpc) is 2.87. The number of rotatable bonds is 1. The minimum absolute atomic E-state index is 0.0532. The molecule has 2 atom stereocenters. The molecule has 15 heavy (non-hydrogen) atoms. The van der Waals surface area contributed by atoms with Crippen LogP contribution in [0.4, 0.5) is 14.5 Å². The third-order valence-electron chi connectivity index (χ3n) is 3.49. The molecular weight excluding hydrogens is 196 g/mol. The van der Waals surface area contributed by atoms with Gasteiger partial charge >= 0.3 is 0 Å². The molecule has 80 valence electrons. The van der Waals surface area contributed by atoms with Gasteiger partial charge in [-0.2, -0.15) is 0 Å². The second-order valence-electron chi connectivity index (χ2n) is 4.48. The second kappa shape index (κ2) is 2.94. The molecule has 0 bridgehead atoms. The quantitative estimate of drug-likeness (QED) is 0.748. The van der Waals surface area contributed by atoms with Crippen LogP contribution in [0.15, 0.2) is 24.3 Å². The lowest BCUT2D eigenvalue weighted by atomic mass is 9.87. The van der Waals surface area contributed by atoms with Crippen LogP contribution in [0.1, 0.15) is 24.3 Å². The van der Waals surface area contributed by atoms with E-state index in [1.807, 2.05) is 24.3 Å². The van der Waals surface area contributed by atoms with Gasteiger partial charge in [0.05, 0.1) is 0 Å². The second-order valence-corrected chi connectivity index (χ2v) is 4.48. The van der Waals surface area contributed by atoms with Gasteiger partial charge in [-0.25, -0.2) is 8.78 Å². The molecule has 1 aromatic rings. The Morgan fingerprint density at radius 1 is 1.27 bits per heavy atom. The molecule has 0 saturated heterocycles. The molecule has 1 aliphatic carbocycles. The van der Waals surface area contributed by atoms with Gasteiger partial charge in [-0.3, -0.25) is 0 Å². The lowest BCUT2D eigenvalue weighted by Gasteiger charge is -2.26. The summed E-state index contributed by atoms with van der Waals surface area (Å²) in [4.78, 5) is 0. The van der Waals surface area contributed by atoms with Crippen molar-refractivity contribution in [2.75, 3.05) is 11.9 Å². The molecule has 0 spiro atoms. The van der Waals surface area contributed by atoms with Crippen molar-refractivity contribution in [1.82, 2.24) is 0 Å². The van der Waals surface area contributed by atoms with E-state index >= 15 is 0 Å². The summed E-state index contributed by atoms with van der Waals surface area (Å²) in [6, 6.07) is 7.82. The van der Waals surface area contributed by atoms with E-state index in [2.05, 4.69) is 5.32 Å². The number of hydrogen-bond donors (Lipinski definition) is 1. The van der Waals surface area contributed by atoms with Crippen LogP contribution in [-0.4, -0.2) is 12.5 Å². The Balaban J connectivity index is 1.94. The maximum Gasteiger partial charge on any atom is 0.252 e. The van der Waals surface area contributed by atoms with Gasteiger partial charge < -0.3 is 5.32 Å². The molecule has 3 heteroatoms. The number of para-hydroxylation sites is 1. The number of fused-ring (bicyclic) bond motifs is 1. The van der Waals surface area contributed by atoms with Crippen LogP contribution in [0.25, 0.3) is 0 Å². The van der Waals surface area contributed by atoms with Crippen molar-refractivity contribution >= 4 is 5.69 Å². The zero-order valence-corrected chi connectivity index (χ0v) is 8.34. The first kappa shape index (κ1) is 9.13. The Bertz CT molecular complexity index is 389. The first-order chi connectivity index (χ1) is 7.18. The number of benzene rings is 1. The molecule has 1 aliphatic heterocycles. The first-order valence-corrected chi connectivity index (χ1v) is 5.39. The van der Waals surface area contributed by atoms with Gasteiger partial charge in [0.15, 0.2) is 0 Å². The van der Waals surface area contributed by atoms with E-state index in [0.717, 1.165) is 24.2 Å². The van der Waals surface area contributed by atoms with E-state index in [9.17, 15) is 8.78 Å². The summed E-state index contributed by atoms with van der Waals surface area (Å²) in [5.74, 6) is -2.77. The average molecular weight is 209 g/mol. The van der Waals surface area contributed by atoms with Crippen LogP contribution in [0, 0.1) is 5.92 Å². The van der Waals surface area contributed by atoms with Crippen molar-refractivity contribution in [3.05, 3.63) is 29.8 Å². The molecule has 0 amide bonds. The Labute approximate surface area is 87.5 Å². The smallest absolute Gasteiger partial charge is 0.252 e. The standard InChI is InChI=1S/C12H13F2N/c13-12(14)7-10(12)8-5-6-15-11-4-2-1-3-9(8)11/h1-4,8,10,15H,5-7H2/t8-,10-/m1/s1. The van der Waals surface area contributed by atoms with Gasteiger partial charge in [-0.05, 0) is 24.0 Å². The third-order valence-corrected chi connectivity index (χ3v) is 3.49. The minimum Gasteiger partial charge on any atom is -0.385 e. The summed E-state index contributed by atoms with van der Waals surface area (Å²) in [7, 11) is 0. The lowest BCUT2D eigenvalue weighted by molar-refractivity contribution is 0.0920. The van der Waals surface area contributed by atoms with Gasteiger partial charge in [0.1, 0.15) is 0 Å². The zero-order valence-electron chi connectivity index (χ0n) is 8.34. The van der Waals surface area contributed by atoms with Crippen LogP contribution in [0.2, 0.25) is 0 Å². The normalized spacial score (nSPS) is 31.6. The van der Waals surface area contributed by atoms with Crippen molar-refractivity contribution < 1.29 is 8.78 Å². The zero-order chi connectivity index (χ0) is 10.5. The van der Waals surface area contributed by atoms with Gasteiger partial charge in [0.25, 0.3) is 5.92 Å². The Hall–Kier alpha value is -1.12. The maximum absolute atomic E-state index is 13.1. The molecule has 1 aromatic carbocycles. The minimum atomic E-state index is -2.41. The highest BCUT2D eigenvalue weighted by Gasteiger charge is 2.60. The maximum atomic E-state index is 13.1. The summed E-state index contributed by atoms with van der Waals surface area (Å²) in [5, 5.41) is 3.26. The predicted octanol–water partition coefficient (Wildman–Crippen LogP) is 3.24. The van der Waals surface area contributed by atoms with Gasteiger partial charge in [-0.15, -0.1) is 0 Å². The summed E-state index contributed by atoms with van der Waals surface area (Å²) >= 11 is 0. The van der Waals surface area contributed by atoms with Crippen LogP contribution >= 0.6 is 0 Å². The van der Waals surface area contributed by atoms with Crippen LogP contribution in [-0.2, 0) is 0 Å². The first-order valence-electron chi connectivity index (χ1n) is 5.39. The fourth-order valence-corrected chi connectivity index (χ4v) is 2.59. The topological polar surface area (TPSA) is 12.0 Å². The van der Waals surface area contributed by atoms with Gasteiger partial charge in [-0.1, -0.05) is 18.2 Å². The molecule has 2 aliphatic rings. The van der Waals surface area contributed by atoms with Crippen molar-refractivity contribution in [3.63, 3.8) is 0 Å². The van der Waals surface area contributed by atoms with Crippen molar-refractivity contribution in [2.24, 2.45) is 5.92 Å². The van der Waals surface area contributed by atoms with E-state index < -0.39 is 11.8 Å². The molecule has 1 heterocycles. The highest BCUT2D eigenvalue weighted by atomic mass is 19.3. The lowest BCUT2D eigenvalue weighted by Crippen LogP contribution is -2.19. The number of nitrogens with one attached hydrogen (secondary N) is 1. The number of alkyl halides is 2. The molecule has 0 aromatic heterocycles. The molecule has 0 radical (unpaired) electrons. The molecule has 1 nitrogen and oxygen atoms in total. The van der Waals surface area contributed by atoms with E-state index in [4.69, 9.17) is 0 Å². The number of hydrogen-bond acceptors (Lipinski definition) is 1. The molecule has 1 saturated carbocycles. The van der Waals surface area contributed by atoms with Crippen molar-refractivity contribution in [2.45, 2.75) is 24.7 Å². The molecule has 0 unspecified atom stereocenters. The Morgan fingerprint density at radius 3 is 2.73 bits per heavy atom. The van der Waals surface area contributed by atoms with Gasteiger partial charge in [0.2, 0.25) is 0 Å². The van der Waals surface area contributed by atoms with E-state index in [-0.39, 0.29) is 12.3 Å².